The van der Waals surface area contributed by atoms with Gasteiger partial charge in [0, 0.05) is 18.2 Å². The second-order valence-electron chi connectivity index (χ2n) is 8.19. The predicted octanol–water partition coefficient (Wildman–Crippen LogP) is 4.84. The molecule has 0 unspecified atom stereocenters. The lowest BCUT2D eigenvalue weighted by atomic mass is 10.0. The van der Waals surface area contributed by atoms with E-state index in [0.29, 0.717) is 17.6 Å². The van der Waals surface area contributed by atoms with Crippen LogP contribution < -0.4 is 5.32 Å². The number of carbonyl (C=O) groups excluding carboxylic acids is 2. The number of rotatable bonds is 7. The molecule has 2 aliphatic rings. The lowest BCUT2D eigenvalue weighted by molar-refractivity contribution is -0.139. The van der Waals surface area contributed by atoms with E-state index in [1.54, 1.807) is 23.1 Å². The Morgan fingerprint density at radius 2 is 1.74 bits per heavy atom. The number of hydrogen-bond donors (Lipinski definition) is 1. The van der Waals surface area contributed by atoms with Crippen molar-refractivity contribution >= 4 is 11.8 Å². The van der Waals surface area contributed by atoms with E-state index < -0.39 is 6.04 Å². The summed E-state index contributed by atoms with van der Waals surface area (Å²) in [5.41, 5.74) is 2.19. The molecule has 0 heterocycles. The predicted molar refractivity (Wildman–Crippen MR) is 118 cm³/mol. The molecule has 1 saturated carbocycles. The maximum atomic E-state index is 13.6. The molecule has 2 aliphatic carbocycles. The van der Waals surface area contributed by atoms with E-state index in [0.717, 1.165) is 31.2 Å². The smallest absolute Gasteiger partial charge is 0.251 e. The SMILES string of the molecule is O=C(NC1CCCC1)[C@@H](c1ccc(F)cc1)N(Cc1ccccc1)C(=O)C1=CC=CC1. The van der Waals surface area contributed by atoms with Gasteiger partial charge in [-0.3, -0.25) is 9.59 Å². The van der Waals surface area contributed by atoms with Gasteiger partial charge in [0.25, 0.3) is 5.91 Å². The normalized spacial score (nSPS) is 16.7. The Labute approximate surface area is 182 Å². The van der Waals surface area contributed by atoms with Crippen molar-refractivity contribution in [2.75, 3.05) is 0 Å². The van der Waals surface area contributed by atoms with Gasteiger partial charge in [0.2, 0.25) is 5.91 Å². The topological polar surface area (TPSA) is 49.4 Å². The summed E-state index contributed by atoms with van der Waals surface area (Å²) in [4.78, 5) is 28.7. The average Bonchev–Trinajstić information content (AvgIpc) is 3.49. The highest BCUT2D eigenvalue weighted by molar-refractivity contribution is 5.98. The molecule has 0 spiro atoms. The van der Waals surface area contributed by atoms with Crippen LogP contribution in [-0.2, 0) is 16.1 Å². The van der Waals surface area contributed by atoms with E-state index >= 15 is 0 Å². The van der Waals surface area contributed by atoms with Crippen LogP contribution >= 0.6 is 0 Å². The number of allylic oxidation sites excluding steroid dienone is 3. The fraction of sp³-hybridized carbons (Fsp3) is 0.308. The van der Waals surface area contributed by atoms with Gasteiger partial charge < -0.3 is 10.2 Å². The van der Waals surface area contributed by atoms with Crippen LogP contribution in [-0.4, -0.2) is 22.8 Å². The van der Waals surface area contributed by atoms with Gasteiger partial charge in [0.1, 0.15) is 11.9 Å². The zero-order valence-electron chi connectivity index (χ0n) is 17.5. The molecule has 1 N–H and O–H groups in total. The first-order valence-electron chi connectivity index (χ1n) is 10.9. The summed E-state index contributed by atoms with van der Waals surface area (Å²) in [6.45, 7) is 0.289. The zero-order chi connectivity index (χ0) is 21.6. The van der Waals surface area contributed by atoms with Crippen molar-refractivity contribution in [2.45, 2.75) is 50.7 Å². The average molecular weight is 419 g/mol. The number of nitrogens with one attached hydrogen (secondary N) is 1. The van der Waals surface area contributed by atoms with E-state index in [4.69, 9.17) is 0 Å². The maximum absolute atomic E-state index is 13.6. The fourth-order valence-electron chi connectivity index (χ4n) is 4.32. The number of hydrogen-bond acceptors (Lipinski definition) is 2. The van der Waals surface area contributed by atoms with Crippen molar-refractivity contribution in [1.82, 2.24) is 10.2 Å². The molecule has 0 saturated heterocycles. The molecule has 2 aromatic rings. The minimum Gasteiger partial charge on any atom is -0.351 e. The molecule has 5 heteroatoms. The molecule has 1 fully saturated rings. The van der Waals surface area contributed by atoms with Crippen molar-refractivity contribution in [3.8, 4) is 0 Å². The van der Waals surface area contributed by atoms with Gasteiger partial charge in [-0.2, -0.15) is 0 Å². The second kappa shape index (κ2) is 9.73. The van der Waals surface area contributed by atoms with Gasteiger partial charge in [0.05, 0.1) is 0 Å². The Balaban J connectivity index is 1.70. The van der Waals surface area contributed by atoms with Crippen LogP contribution in [0.5, 0.6) is 0 Å². The van der Waals surface area contributed by atoms with E-state index in [2.05, 4.69) is 5.32 Å². The van der Waals surface area contributed by atoms with Crippen LogP contribution in [0, 0.1) is 5.82 Å². The van der Waals surface area contributed by atoms with Crippen LogP contribution in [0.3, 0.4) is 0 Å². The minimum atomic E-state index is -0.838. The molecule has 0 aromatic heterocycles. The largest absolute Gasteiger partial charge is 0.351 e. The number of nitrogens with zero attached hydrogens (tertiary/aromatic N) is 1. The van der Waals surface area contributed by atoms with Crippen LogP contribution in [0.2, 0.25) is 0 Å². The van der Waals surface area contributed by atoms with E-state index in [1.165, 1.54) is 12.1 Å². The molecule has 0 bridgehead atoms. The van der Waals surface area contributed by atoms with Crippen molar-refractivity contribution in [1.29, 1.82) is 0 Å². The summed E-state index contributed by atoms with van der Waals surface area (Å²) in [6, 6.07) is 14.8. The number of halogens is 1. The Bertz CT molecular complexity index is 976. The molecule has 160 valence electrons. The summed E-state index contributed by atoms with van der Waals surface area (Å²) in [5.74, 6) is -0.763. The fourth-order valence-corrected chi connectivity index (χ4v) is 4.32. The van der Waals surface area contributed by atoms with Crippen molar-refractivity contribution < 1.29 is 14.0 Å². The molecule has 0 radical (unpaired) electrons. The summed E-state index contributed by atoms with van der Waals surface area (Å²) in [7, 11) is 0. The van der Waals surface area contributed by atoms with E-state index in [9.17, 15) is 14.0 Å². The maximum Gasteiger partial charge on any atom is 0.251 e. The van der Waals surface area contributed by atoms with Gasteiger partial charge in [0.15, 0.2) is 0 Å². The van der Waals surface area contributed by atoms with Gasteiger partial charge in [-0.1, -0.05) is 73.5 Å². The number of amides is 2. The number of carbonyl (C=O) groups is 2. The van der Waals surface area contributed by atoms with Gasteiger partial charge in [-0.15, -0.1) is 0 Å². The van der Waals surface area contributed by atoms with Crippen molar-refractivity contribution in [2.24, 2.45) is 0 Å². The third-order valence-corrected chi connectivity index (χ3v) is 5.95. The summed E-state index contributed by atoms with van der Waals surface area (Å²) < 4.78 is 13.6. The summed E-state index contributed by atoms with van der Waals surface area (Å²) in [5, 5.41) is 3.14. The van der Waals surface area contributed by atoms with Gasteiger partial charge in [-0.25, -0.2) is 4.39 Å². The molecular weight excluding hydrogens is 391 g/mol. The van der Waals surface area contributed by atoms with Crippen LogP contribution in [0.25, 0.3) is 0 Å². The van der Waals surface area contributed by atoms with Crippen LogP contribution in [0.15, 0.2) is 78.4 Å². The van der Waals surface area contributed by atoms with E-state index in [-0.39, 0.29) is 30.2 Å². The first-order valence-corrected chi connectivity index (χ1v) is 10.9. The highest BCUT2D eigenvalue weighted by atomic mass is 19.1. The molecule has 2 aromatic carbocycles. The third-order valence-electron chi connectivity index (χ3n) is 5.95. The standard InChI is InChI=1S/C26H27FN2O2/c27-22-16-14-20(15-17-22)24(25(30)28-23-12-6-7-13-23)29(18-19-8-2-1-3-9-19)26(31)21-10-4-5-11-21/h1-5,8-10,14-17,23-24H,6-7,11-13,18H2,(H,28,30)/t24-/m1/s1. The van der Waals surface area contributed by atoms with Crippen molar-refractivity contribution in [3.05, 3.63) is 95.3 Å². The second-order valence-corrected chi connectivity index (χ2v) is 8.19. The Morgan fingerprint density at radius 3 is 2.39 bits per heavy atom. The van der Waals surface area contributed by atoms with Gasteiger partial charge >= 0.3 is 0 Å². The number of benzene rings is 2. The Kier molecular flexibility index (Phi) is 6.60. The molecule has 2 amide bonds. The molecule has 31 heavy (non-hydrogen) atoms. The molecule has 1 atom stereocenters. The quantitative estimate of drug-likeness (QED) is 0.699. The molecule has 0 aliphatic heterocycles. The lowest BCUT2D eigenvalue weighted by Crippen LogP contribution is -2.46. The first-order chi connectivity index (χ1) is 15.1. The van der Waals surface area contributed by atoms with E-state index in [1.807, 2.05) is 42.5 Å². The summed E-state index contributed by atoms with van der Waals surface area (Å²) >= 11 is 0. The lowest BCUT2D eigenvalue weighted by Gasteiger charge is -2.33. The molecular formula is C26H27FN2O2. The molecule has 4 rings (SSSR count). The summed E-state index contributed by atoms with van der Waals surface area (Å²) in [6.07, 6.45) is 10.2. The zero-order valence-corrected chi connectivity index (χ0v) is 17.5. The van der Waals surface area contributed by atoms with Crippen molar-refractivity contribution in [3.63, 3.8) is 0 Å². The monoisotopic (exact) mass is 418 g/mol. The minimum absolute atomic E-state index is 0.122. The third kappa shape index (κ3) is 5.10. The highest BCUT2D eigenvalue weighted by Crippen LogP contribution is 2.29. The highest BCUT2D eigenvalue weighted by Gasteiger charge is 2.34. The Hall–Kier alpha value is -3.21. The first kappa shape index (κ1) is 21.0. The van der Waals surface area contributed by atoms with Gasteiger partial charge in [-0.05, 0) is 42.5 Å². The molecule has 4 nitrogen and oxygen atoms in total. The Morgan fingerprint density at radius 1 is 1.03 bits per heavy atom. The van der Waals surface area contributed by atoms with Crippen LogP contribution in [0.4, 0.5) is 4.39 Å². The van der Waals surface area contributed by atoms with Crippen LogP contribution in [0.1, 0.15) is 49.3 Å².